The minimum atomic E-state index is -1.81. The molecule has 0 aliphatic heterocycles. The number of hydrogen-bond acceptors (Lipinski definition) is 7. The fraction of sp³-hybridized carbons (Fsp3) is 0.447. The molecule has 0 bridgehead atoms. The first-order valence-electron chi connectivity index (χ1n) is 19.5. The summed E-state index contributed by atoms with van der Waals surface area (Å²) in [4.78, 5) is 17.9. The minimum Gasteiger partial charge on any atom is -0.507 e. The zero-order valence-electron chi connectivity index (χ0n) is 33.9. The summed E-state index contributed by atoms with van der Waals surface area (Å²) in [5.74, 6) is 0.593. The Balaban J connectivity index is 2.13. The molecule has 0 radical (unpaired) electrons. The molecule has 0 saturated carbocycles. The first-order chi connectivity index (χ1) is 25.6. The highest BCUT2D eigenvalue weighted by atomic mass is 16.5. The molecule has 0 saturated heterocycles. The van der Waals surface area contributed by atoms with Crippen LogP contribution in [0.3, 0.4) is 0 Å². The largest absolute Gasteiger partial charge is 0.507 e. The van der Waals surface area contributed by atoms with Crippen molar-refractivity contribution in [2.45, 2.75) is 117 Å². The van der Waals surface area contributed by atoms with Crippen LogP contribution in [0.5, 0.6) is 17.2 Å². The van der Waals surface area contributed by atoms with Crippen molar-refractivity contribution in [3.05, 3.63) is 124 Å². The molecule has 4 rings (SSSR count). The molecule has 2 N–H and O–H groups in total. The van der Waals surface area contributed by atoms with Crippen LogP contribution in [0.2, 0.25) is 0 Å². The van der Waals surface area contributed by atoms with Crippen LogP contribution in [0.15, 0.2) is 89.9 Å². The average Bonchev–Trinajstić information content (AvgIpc) is 3.13. The second-order valence-corrected chi connectivity index (χ2v) is 16.1. The van der Waals surface area contributed by atoms with Gasteiger partial charge in [0.25, 0.3) is 0 Å². The molecule has 1 atom stereocenters. The Hall–Kier alpha value is -4.62. The molecule has 0 aromatic heterocycles. The second kappa shape index (κ2) is 18.6. The minimum absolute atomic E-state index is 0.0505. The summed E-state index contributed by atoms with van der Waals surface area (Å²) in [5.41, 5.74) is 2.50. The van der Waals surface area contributed by atoms with E-state index in [0.717, 1.165) is 42.4 Å². The van der Waals surface area contributed by atoms with Gasteiger partial charge in [-0.15, -0.1) is 0 Å². The maximum atomic E-state index is 14.1. The molecule has 0 heterocycles. The molecule has 0 amide bonds. The van der Waals surface area contributed by atoms with Gasteiger partial charge in [0.1, 0.15) is 22.8 Å². The number of nitrogens with zero attached hydrogens (tertiary/aromatic N) is 1. The summed E-state index contributed by atoms with van der Waals surface area (Å²) in [6.07, 6.45) is 5.49. The van der Waals surface area contributed by atoms with E-state index in [-0.39, 0.29) is 23.2 Å². The Labute approximate surface area is 323 Å². The van der Waals surface area contributed by atoms with Crippen molar-refractivity contribution < 1.29 is 29.2 Å². The van der Waals surface area contributed by atoms with E-state index in [2.05, 4.69) is 79.7 Å². The highest BCUT2D eigenvalue weighted by Gasteiger charge is 2.45. The highest BCUT2D eigenvalue weighted by molar-refractivity contribution is 5.93. The van der Waals surface area contributed by atoms with Crippen molar-refractivity contribution in [2.75, 3.05) is 19.8 Å². The van der Waals surface area contributed by atoms with Crippen molar-refractivity contribution in [3.63, 3.8) is 0 Å². The predicted molar refractivity (Wildman–Crippen MR) is 220 cm³/mol. The van der Waals surface area contributed by atoms with Gasteiger partial charge in [-0.25, -0.2) is 4.79 Å². The summed E-state index contributed by atoms with van der Waals surface area (Å²) in [7, 11) is 0. The first-order valence-corrected chi connectivity index (χ1v) is 19.5. The van der Waals surface area contributed by atoms with Crippen LogP contribution < -0.4 is 9.47 Å². The topological polar surface area (TPSA) is 97.6 Å². The lowest BCUT2D eigenvalue weighted by Gasteiger charge is -2.39. The molecule has 4 aromatic carbocycles. The number of aromatic hydroxyl groups is 1. The van der Waals surface area contributed by atoms with Crippen LogP contribution in [0.25, 0.3) is 0 Å². The lowest BCUT2D eigenvalue weighted by Crippen LogP contribution is -2.42. The maximum absolute atomic E-state index is 14.1. The normalized spacial score (nSPS) is 12.9. The van der Waals surface area contributed by atoms with E-state index in [1.165, 1.54) is 12.1 Å². The molecule has 7 heteroatoms. The summed E-state index contributed by atoms with van der Waals surface area (Å²) < 4.78 is 18.4. The van der Waals surface area contributed by atoms with Crippen LogP contribution in [0.4, 0.5) is 0 Å². The molecule has 4 aromatic rings. The van der Waals surface area contributed by atoms with Gasteiger partial charge in [-0.05, 0) is 96.2 Å². The van der Waals surface area contributed by atoms with Crippen LogP contribution in [0, 0.1) is 0 Å². The average molecular weight is 736 g/mol. The molecule has 0 aliphatic rings. The third kappa shape index (κ3) is 10.5. The van der Waals surface area contributed by atoms with Crippen molar-refractivity contribution in [2.24, 2.45) is 4.99 Å². The number of carbonyl (C=O) groups is 1. The van der Waals surface area contributed by atoms with Crippen LogP contribution in [-0.4, -0.2) is 48.3 Å². The number of unbranched alkanes of at least 4 members (excludes halogenated alkanes) is 2. The van der Waals surface area contributed by atoms with Crippen molar-refractivity contribution >= 4 is 12.2 Å². The molecule has 0 fully saturated rings. The number of aliphatic imine (C=N–C) groups is 1. The monoisotopic (exact) mass is 735 g/mol. The number of ether oxygens (including phenoxy) is 3. The van der Waals surface area contributed by atoms with Gasteiger partial charge in [0.2, 0.25) is 0 Å². The number of aliphatic hydroxyl groups is 1. The number of esters is 1. The Kier molecular flexibility index (Phi) is 14.5. The van der Waals surface area contributed by atoms with E-state index >= 15 is 0 Å². The SMILES string of the molecule is CCCCOc1ccc(C(C)(C)C)cc1C(O)(c1cc(C(C)(C)C)ccc1OCCCC)C(Cc1ccccc1)N=Cc1cc(C(=O)OCC)ccc1O. The van der Waals surface area contributed by atoms with Crippen LogP contribution in [-0.2, 0) is 27.6 Å². The number of carbonyl (C=O) groups excluding carboxylic acids is 1. The Morgan fingerprint density at radius 3 is 1.76 bits per heavy atom. The van der Waals surface area contributed by atoms with E-state index in [9.17, 15) is 15.0 Å². The van der Waals surface area contributed by atoms with Crippen molar-refractivity contribution in [1.29, 1.82) is 0 Å². The van der Waals surface area contributed by atoms with E-state index in [4.69, 9.17) is 19.2 Å². The fourth-order valence-corrected chi connectivity index (χ4v) is 6.31. The van der Waals surface area contributed by atoms with Gasteiger partial charge >= 0.3 is 5.97 Å². The van der Waals surface area contributed by atoms with Gasteiger partial charge in [0, 0.05) is 22.9 Å². The Bertz CT molecular complexity index is 1780. The van der Waals surface area contributed by atoms with E-state index < -0.39 is 17.6 Å². The van der Waals surface area contributed by atoms with Gasteiger partial charge in [-0.1, -0.05) is 111 Å². The number of benzene rings is 4. The number of hydrogen-bond donors (Lipinski definition) is 2. The molecule has 290 valence electrons. The second-order valence-electron chi connectivity index (χ2n) is 16.1. The summed E-state index contributed by atoms with van der Waals surface area (Å²) in [5, 5.41) is 25.1. The standard InChI is InChI=1S/C47H61NO6/c1-10-13-26-53-41-24-21-36(45(4,5)6)30-38(41)47(51,39-31-37(46(7,8)9)22-25-42(39)54-27-14-11-2)43(28-33-18-16-15-17-19-33)48-32-35-29-34(20-23-40(35)49)44(50)52-12-3/h15-25,29-32,43,49,51H,10-14,26-28H2,1-9H3. The van der Waals surface area contributed by atoms with Gasteiger partial charge in [0.05, 0.1) is 31.4 Å². The molecule has 7 nitrogen and oxygen atoms in total. The number of phenols is 1. The summed E-state index contributed by atoms with van der Waals surface area (Å²) >= 11 is 0. The zero-order chi connectivity index (χ0) is 39.5. The van der Waals surface area contributed by atoms with E-state index in [0.29, 0.717) is 53.4 Å². The Morgan fingerprint density at radius 1 is 0.741 bits per heavy atom. The fourth-order valence-electron chi connectivity index (χ4n) is 6.31. The lowest BCUT2D eigenvalue weighted by molar-refractivity contribution is 0.0460. The molecule has 0 spiro atoms. The van der Waals surface area contributed by atoms with E-state index in [1.807, 2.05) is 42.5 Å². The van der Waals surface area contributed by atoms with Crippen molar-refractivity contribution in [3.8, 4) is 17.2 Å². The molecule has 1 unspecified atom stereocenters. The smallest absolute Gasteiger partial charge is 0.338 e. The van der Waals surface area contributed by atoms with Crippen LogP contribution >= 0.6 is 0 Å². The lowest BCUT2D eigenvalue weighted by atomic mass is 9.73. The number of rotatable bonds is 17. The quantitative estimate of drug-likeness (QED) is 0.0637. The summed E-state index contributed by atoms with van der Waals surface area (Å²) in [6, 6.07) is 25.9. The van der Waals surface area contributed by atoms with Gasteiger partial charge in [0.15, 0.2) is 0 Å². The molecular weight excluding hydrogens is 675 g/mol. The first kappa shape index (κ1) is 42.1. The molecule has 54 heavy (non-hydrogen) atoms. The van der Waals surface area contributed by atoms with Gasteiger partial charge in [-0.2, -0.15) is 0 Å². The third-order valence-electron chi connectivity index (χ3n) is 9.71. The summed E-state index contributed by atoms with van der Waals surface area (Å²) in [6.45, 7) is 20.1. The zero-order valence-corrected chi connectivity index (χ0v) is 33.9. The maximum Gasteiger partial charge on any atom is 0.338 e. The third-order valence-corrected chi connectivity index (χ3v) is 9.71. The van der Waals surface area contributed by atoms with E-state index in [1.54, 1.807) is 19.2 Å². The number of phenolic OH excluding ortho intramolecular Hbond substituents is 1. The Morgan fingerprint density at radius 2 is 1.28 bits per heavy atom. The van der Waals surface area contributed by atoms with Crippen LogP contribution in [0.1, 0.15) is 132 Å². The van der Waals surface area contributed by atoms with Gasteiger partial charge in [-0.3, -0.25) is 4.99 Å². The van der Waals surface area contributed by atoms with Gasteiger partial charge < -0.3 is 24.4 Å². The molecule has 0 aliphatic carbocycles. The molecular formula is C47H61NO6. The van der Waals surface area contributed by atoms with Crippen molar-refractivity contribution in [1.82, 2.24) is 0 Å². The predicted octanol–water partition coefficient (Wildman–Crippen LogP) is 10.5. The highest BCUT2D eigenvalue weighted by Crippen LogP contribution is 2.47.